The zero-order valence-corrected chi connectivity index (χ0v) is 11.1. The van der Waals surface area contributed by atoms with Crippen LogP contribution >= 0.6 is 8.18 Å². The molecule has 20 heavy (non-hydrogen) atoms. The highest BCUT2D eigenvalue weighted by atomic mass is 32.2. The molecule has 1 atom stereocenters. The Bertz CT molecular complexity index is 537. The van der Waals surface area contributed by atoms with Gasteiger partial charge >= 0.3 is 36.4 Å². The van der Waals surface area contributed by atoms with Crippen LogP contribution in [-0.2, 0) is 29.3 Å². The van der Waals surface area contributed by atoms with Gasteiger partial charge in [-0.05, 0) is 4.57 Å². The molecule has 0 aliphatic carbocycles. The van der Waals surface area contributed by atoms with Gasteiger partial charge in [-0.2, -0.15) is 8.42 Å². The Morgan fingerprint density at radius 1 is 1.05 bits per heavy atom. The Morgan fingerprint density at radius 3 is 1.55 bits per heavy atom. The zero-order chi connectivity index (χ0) is 16.3. The second-order valence-corrected chi connectivity index (χ2v) is 5.89. The second kappa shape index (κ2) is 6.19. The monoisotopic (exact) mass is 334 g/mol. The van der Waals surface area contributed by atoms with Crippen molar-refractivity contribution in [3.63, 3.8) is 0 Å². The number of carbonyl (C=O) groups is 3. The molecule has 12 nitrogen and oxygen atoms in total. The number of carboxylic acid groups (broad SMARTS) is 3. The maximum atomic E-state index is 11.1. The summed E-state index contributed by atoms with van der Waals surface area (Å²) in [6, 6.07) is 0. The number of carboxylic acids is 3. The van der Waals surface area contributed by atoms with Gasteiger partial charge in [-0.25, -0.2) is 4.79 Å². The van der Waals surface area contributed by atoms with E-state index in [0.717, 1.165) is 0 Å². The van der Waals surface area contributed by atoms with E-state index in [4.69, 9.17) is 24.8 Å². The van der Waals surface area contributed by atoms with E-state index in [1.807, 2.05) is 0 Å². The van der Waals surface area contributed by atoms with E-state index < -0.39 is 58.8 Å². The van der Waals surface area contributed by atoms with Crippen LogP contribution in [0.1, 0.15) is 12.8 Å². The molecule has 0 spiro atoms. The van der Waals surface area contributed by atoms with Crippen molar-refractivity contribution in [2.24, 2.45) is 0 Å². The molecule has 5 N–H and O–H groups in total. The summed E-state index contributed by atoms with van der Waals surface area (Å²) in [7, 11) is -9.76. The van der Waals surface area contributed by atoms with Crippen molar-refractivity contribution in [3.05, 3.63) is 0 Å². The van der Waals surface area contributed by atoms with Crippen molar-refractivity contribution in [1.82, 2.24) is 4.08 Å². The van der Waals surface area contributed by atoms with Crippen LogP contribution in [0.3, 0.4) is 0 Å². The number of hydrogen-bond donors (Lipinski definition) is 5. The number of nitrogens with zero attached hydrogens (tertiary/aromatic N) is 1. The molecule has 0 aromatic rings. The molecule has 0 saturated carbocycles. The molecular formula is C6H9NO11PS+. The fourth-order valence-corrected chi connectivity index (χ4v) is 3.31. The molecule has 0 heterocycles. The van der Waals surface area contributed by atoms with Crippen molar-refractivity contribution in [3.8, 4) is 0 Å². The predicted molar refractivity (Wildman–Crippen MR) is 58.1 cm³/mol. The van der Waals surface area contributed by atoms with Crippen LogP contribution in [-0.4, -0.2) is 60.7 Å². The average molecular weight is 334 g/mol. The normalized spacial score (nSPS) is 13.1. The number of hydrogen-bond acceptors (Lipinski definition) is 6. The SMILES string of the molecule is O=C(O)CC(CC(=O)O)(C(=O)O)N([P+](=O)O)S(=O)(=O)O. The first-order valence-electron chi connectivity index (χ1n) is 4.45. The van der Waals surface area contributed by atoms with E-state index in [1.165, 1.54) is 0 Å². The molecule has 0 aromatic heterocycles. The van der Waals surface area contributed by atoms with Gasteiger partial charge in [0.05, 0.1) is 16.9 Å². The van der Waals surface area contributed by atoms with E-state index in [0.29, 0.717) is 0 Å². The van der Waals surface area contributed by atoms with Crippen molar-refractivity contribution < 1.29 is 52.1 Å². The molecule has 114 valence electrons. The summed E-state index contributed by atoms with van der Waals surface area (Å²) >= 11 is 0. The van der Waals surface area contributed by atoms with Crippen molar-refractivity contribution in [2.45, 2.75) is 18.4 Å². The van der Waals surface area contributed by atoms with Crippen LogP contribution in [0.4, 0.5) is 0 Å². The lowest BCUT2D eigenvalue weighted by Gasteiger charge is -2.26. The topological polar surface area (TPSA) is 207 Å². The summed E-state index contributed by atoms with van der Waals surface area (Å²) in [5.74, 6) is -6.24. The molecule has 0 aliphatic rings. The molecule has 1 unspecified atom stereocenters. The van der Waals surface area contributed by atoms with Gasteiger partial charge in [-0.3, -0.25) is 14.1 Å². The van der Waals surface area contributed by atoms with Crippen LogP contribution in [0.2, 0.25) is 0 Å². The van der Waals surface area contributed by atoms with Crippen molar-refractivity contribution >= 4 is 36.4 Å². The standard InChI is InChI=1S/C6H8NO11PS/c8-3(9)1-6(5(12)13,2-4(10)11)7(19(14)15)20(16,17)18/h1-2H2,(H4-,8,9,10,11,12,13,14,15,16,17,18)/p+1. The highest BCUT2D eigenvalue weighted by Gasteiger charge is 2.63. The summed E-state index contributed by atoms with van der Waals surface area (Å²) in [5.41, 5.74) is -3.35. The number of aliphatic carboxylic acids is 3. The molecule has 0 radical (unpaired) electrons. The molecule has 0 saturated heterocycles. The highest BCUT2D eigenvalue weighted by Crippen LogP contribution is 2.39. The van der Waals surface area contributed by atoms with Crippen LogP contribution in [0.5, 0.6) is 0 Å². The third-order valence-electron chi connectivity index (χ3n) is 2.03. The van der Waals surface area contributed by atoms with Crippen molar-refractivity contribution in [2.75, 3.05) is 0 Å². The molecule has 0 bridgehead atoms. The summed E-state index contributed by atoms with van der Waals surface area (Å²) in [6.07, 6.45) is -3.31. The number of rotatable bonds is 8. The fourth-order valence-electron chi connectivity index (χ4n) is 1.40. The van der Waals surface area contributed by atoms with E-state index in [2.05, 4.69) is 0 Å². The van der Waals surface area contributed by atoms with E-state index in [-0.39, 0.29) is 0 Å². The first-order valence-corrected chi connectivity index (χ1v) is 7.01. The van der Waals surface area contributed by atoms with Gasteiger partial charge in [0.2, 0.25) is 5.54 Å². The fraction of sp³-hybridized carbons (Fsp3) is 0.500. The van der Waals surface area contributed by atoms with Crippen LogP contribution in [0.25, 0.3) is 0 Å². The Balaban J connectivity index is 6.30. The Labute approximate surface area is 112 Å². The molecule has 0 fully saturated rings. The van der Waals surface area contributed by atoms with Crippen LogP contribution < -0.4 is 0 Å². The third-order valence-corrected chi connectivity index (χ3v) is 4.54. The first kappa shape index (κ1) is 18.3. The maximum absolute atomic E-state index is 11.1. The lowest BCUT2D eigenvalue weighted by molar-refractivity contribution is -0.157. The molecular weight excluding hydrogens is 325 g/mol. The Morgan fingerprint density at radius 2 is 1.40 bits per heavy atom. The quantitative estimate of drug-likeness (QED) is 0.255. The van der Waals surface area contributed by atoms with Gasteiger partial charge in [-0.1, -0.05) is 0 Å². The summed E-state index contributed by atoms with van der Waals surface area (Å²) in [5, 5.41) is 26.1. The average Bonchev–Trinajstić information content (AvgIpc) is 2.10. The lowest BCUT2D eigenvalue weighted by atomic mass is 9.92. The van der Waals surface area contributed by atoms with Crippen molar-refractivity contribution in [1.29, 1.82) is 0 Å². The van der Waals surface area contributed by atoms with E-state index in [9.17, 15) is 27.4 Å². The van der Waals surface area contributed by atoms with Gasteiger partial charge in [0.15, 0.2) is 0 Å². The minimum atomic E-state index is -5.67. The Kier molecular flexibility index (Phi) is 5.68. The zero-order valence-electron chi connectivity index (χ0n) is 9.40. The maximum Gasteiger partial charge on any atom is 0.631 e. The molecule has 14 heteroatoms. The predicted octanol–water partition coefficient (Wildman–Crippen LogP) is -1.49. The molecule has 0 amide bonds. The van der Waals surface area contributed by atoms with Crippen LogP contribution in [0.15, 0.2) is 0 Å². The van der Waals surface area contributed by atoms with Gasteiger partial charge in [0.1, 0.15) is 0 Å². The summed E-state index contributed by atoms with van der Waals surface area (Å²) < 4.78 is 40.7. The molecule has 0 aliphatic heterocycles. The summed E-state index contributed by atoms with van der Waals surface area (Å²) in [6.45, 7) is 0. The van der Waals surface area contributed by atoms with Gasteiger partial charge in [-0.15, -0.1) is 4.89 Å². The first-order chi connectivity index (χ1) is 8.84. The summed E-state index contributed by atoms with van der Waals surface area (Å²) in [4.78, 5) is 41.1. The van der Waals surface area contributed by atoms with Gasteiger partial charge < -0.3 is 15.3 Å². The van der Waals surface area contributed by atoms with E-state index >= 15 is 0 Å². The Hall–Kier alpha value is -1.66. The molecule has 0 rings (SSSR count). The molecule has 0 aromatic carbocycles. The lowest BCUT2D eigenvalue weighted by Crippen LogP contribution is -2.56. The van der Waals surface area contributed by atoms with E-state index in [1.54, 1.807) is 0 Å². The third kappa shape index (κ3) is 4.18. The van der Waals surface area contributed by atoms with Crippen LogP contribution in [0, 0.1) is 0 Å². The minimum absolute atomic E-state index is 0.958. The highest BCUT2D eigenvalue weighted by molar-refractivity contribution is 7.87. The largest absolute Gasteiger partial charge is 0.631 e. The van der Waals surface area contributed by atoms with Gasteiger partial charge in [0.25, 0.3) is 0 Å². The smallest absolute Gasteiger partial charge is 0.481 e. The second-order valence-electron chi connectivity index (χ2n) is 3.45. The van der Waals surface area contributed by atoms with Gasteiger partial charge in [0, 0.05) is 0 Å². The minimum Gasteiger partial charge on any atom is -0.481 e.